The zero-order chi connectivity index (χ0) is 11.8. The van der Waals surface area contributed by atoms with Gasteiger partial charge < -0.3 is 14.9 Å². The molecule has 86 valence electrons. The molecule has 5 nitrogen and oxygen atoms in total. The first-order valence-electron chi connectivity index (χ1n) is 5.10. The van der Waals surface area contributed by atoms with Gasteiger partial charge in [0.1, 0.15) is 5.54 Å². The van der Waals surface area contributed by atoms with Crippen LogP contribution < -0.4 is 0 Å². The van der Waals surface area contributed by atoms with E-state index in [9.17, 15) is 9.59 Å². The molecule has 1 unspecified atom stereocenters. The van der Waals surface area contributed by atoms with Gasteiger partial charge in [0.2, 0.25) is 0 Å². The summed E-state index contributed by atoms with van der Waals surface area (Å²) in [6, 6.07) is -0.0784. The Balaban J connectivity index is 2.91. The van der Waals surface area contributed by atoms with Crippen LogP contribution in [-0.2, 0) is 4.79 Å². The van der Waals surface area contributed by atoms with Gasteiger partial charge in [0, 0.05) is 13.6 Å². The quantitative estimate of drug-likeness (QED) is 0.762. The summed E-state index contributed by atoms with van der Waals surface area (Å²) in [7, 11) is 1.72. The lowest BCUT2D eigenvalue weighted by Crippen LogP contribution is -2.51. The third kappa shape index (κ3) is 1.78. The number of likely N-dealkylation sites (N-methyl/N-ethyl adjacent to an activating group) is 1. The Morgan fingerprint density at radius 3 is 2.47 bits per heavy atom. The van der Waals surface area contributed by atoms with Crippen LogP contribution in [-0.4, -0.2) is 52.1 Å². The molecule has 0 bridgehead atoms. The molecule has 0 spiro atoms. The number of carbonyl (C=O) groups excluding carboxylic acids is 1. The van der Waals surface area contributed by atoms with Crippen LogP contribution in [0.5, 0.6) is 0 Å². The molecule has 0 aromatic rings. The molecule has 0 aliphatic carbocycles. The number of carbonyl (C=O) groups is 2. The fourth-order valence-electron chi connectivity index (χ4n) is 1.74. The number of carboxylic acid groups (broad SMARTS) is 1. The Kier molecular flexibility index (Phi) is 2.93. The average Bonchev–Trinajstić information content (AvgIpc) is 2.44. The number of rotatable bonds is 3. The van der Waals surface area contributed by atoms with Crippen LogP contribution in [0.25, 0.3) is 0 Å². The van der Waals surface area contributed by atoms with E-state index < -0.39 is 11.5 Å². The van der Waals surface area contributed by atoms with E-state index in [4.69, 9.17) is 5.11 Å². The maximum Gasteiger partial charge on any atom is 0.329 e. The molecule has 1 atom stereocenters. The molecule has 1 saturated heterocycles. The first kappa shape index (κ1) is 11.8. The number of carboxylic acids is 1. The van der Waals surface area contributed by atoms with Gasteiger partial charge in [-0.15, -0.1) is 0 Å². The molecule has 1 fully saturated rings. The Hall–Kier alpha value is -1.26. The lowest BCUT2D eigenvalue weighted by molar-refractivity contribution is -0.147. The SMILES string of the molecule is CCC1CN(C(C)(C)C(=O)O)C(=O)N1C. The van der Waals surface area contributed by atoms with Crippen LogP contribution in [0.15, 0.2) is 0 Å². The van der Waals surface area contributed by atoms with Crippen molar-refractivity contribution in [2.45, 2.75) is 38.8 Å². The molecule has 0 aromatic heterocycles. The zero-order valence-corrected chi connectivity index (χ0v) is 9.65. The molecular weight excluding hydrogens is 196 g/mol. The van der Waals surface area contributed by atoms with Crippen molar-refractivity contribution in [2.75, 3.05) is 13.6 Å². The van der Waals surface area contributed by atoms with E-state index >= 15 is 0 Å². The van der Waals surface area contributed by atoms with E-state index in [0.29, 0.717) is 6.54 Å². The monoisotopic (exact) mass is 214 g/mol. The lowest BCUT2D eigenvalue weighted by atomic mass is 10.0. The molecule has 1 aliphatic rings. The second-order valence-corrected chi connectivity index (χ2v) is 4.43. The molecule has 0 aromatic carbocycles. The van der Waals surface area contributed by atoms with Crippen molar-refractivity contribution in [1.82, 2.24) is 9.80 Å². The summed E-state index contributed by atoms with van der Waals surface area (Å²) in [5.41, 5.74) is -1.13. The summed E-state index contributed by atoms with van der Waals surface area (Å²) in [5, 5.41) is 9.05. The average molecular weight is 214 g/mol. The molecule has 15 heavy (non-hydrogen) atoms. The second-order valence-electron chi connectivity index (χ2n) is 4.43. The molecule has 0 saturated carbocycles. The van der Waals surface area contributed by atoms with Crippen molar-refractivity contribution in [3.63, 3.8) is 0 Å². The summed E-state index contributed by atoms with van der Waals surface area (Å²) in [6.45, 7) is 5.59. The maximum atomic E-state index is 11.8. The Labute approximate surface area is 89.7 Å². The smallest absolute Gasteiger partial charge is 0.329 e. The van der Waals surface area contributed by atoms with Crippen LogP contribution in [0.2, 0.25) is 0 Å². The number of urea groups is 1. The molecule has 0 radical (unpaired) electrons. The fraction of sp³-hybridized carbons (Fsp3) is 0.800. The van der Waals surface area contributed by atoms with Gasteiger partial charge in [-0.2, -0.15) is 0 Å². The predicted octanol–water partition coefficient (Wildman–Crippen LogP) is 0.996. The largest absolute Gasteiger partial charge is 0.480 e. The van der Waals surface area contributed by atoms with Gasteiger partial charge in [-0.25, -0.2) is 9.59 Å². The first-order chi connectivity index (χ1) is 6.82. The van der Waals surface area contributed by atoms with Crippen molar-refractivity contribution in [2.24, 2.45) is 0 Å². The second kappa shape index (κ2) is 3.72. The molecule has 1 N–H and O–H groups in total. The predicted molar refractivity (Wildman–Crippen MR) is 55.7 cm³/mol. The summed E-state index contributed by atoms with van der Waals surface area (Å²) >= 11 is 0. The third-order valence-corrected chi connectivity index (χ3v) is 3.14. The zero-order valence-electron chi connectivity index (χ0n) is 9.65. The van der Waals surface area contributed by atoms with Gasteiger partial charge in [-0.1, -0.05) is 6.92 Å². The van der Waals surface area contributed by atoms with E-state index in [-0.39, 0.29) is 12.1 Å². The topological polar surface area (TPSA) is 60.9 Å². The summed E-state index contributed by atoms with van der Waals surface area (Å²) in [4.78, 5) is 25.9. The van der Waals surface area contributed by atoms with Crippen LogP contribution >= 0.6 is 0 Å². The van der Waals surface area contributed by atoms with Crippen molar-refractivity contribution in [1.29, 1.82) is 0 Å². The Bertz CT molecular complexity index is 288. The highest BCUT2D eigenvalue weighted by Gasteiger charge is 2.45. The highest BCUT2D eigenvalue weighted by Crippen LogP contribution is 2.25. The normalized spacial score (nSPS) is 22.4. The minimum atomic E-state index is -1.13. The Morgan fingerprint density at radius 2 is 2.13 bits per heavy atom. The van der Waals surface area contributed by atoms with Gasteiger partial charge in [-0.05, 0) is 20.3 Å². The van der Waals surface area contributed by atoms with Crippen LogP contribution in [0.3, 0.4) is 0 Å². The molecule has 5 heteroatoms. The van der Waals surface area contributed by atoms with Gasteiger partial charge in [0.25, 0.3) is 0 Å². The molecule has 1 heterocycles. The molecule has 1 aliphatic heterocycles. The van der Waals surface area contributed by atoms with Crippen molar-refractivity contribution < 1.29 is 14.7 Å². The summed E-state index contributed by atoms with van der Waals surface area (Å²) in [6.07, 6.45) is 0.842. The van der Waals surface area contributed by atoms with Crippen LogP contribution in [0, 0.1) is 0 Å². The Morgan fingerprint density at radius 1 is 1.60 bits per heavy atom. The fourth-order valence-corrected chi connectivity index (χ4v) is 1.74. The lowest BCUT2D eigenvalue weighted by Gasteiger charge is -2.30. The highest BCUT2D eigenvalue weighted by atomic mass is 16.4. The van der Waals surface area contributed by atoms with Crippen molar-refractivity contribution in [3.8, 4) is 0 Å². The molecule has 1 rings (SSSR count). The van der Waals surface area contributed by atoms with Gasteiger partial charge in [0.15, 0.2) is 0 Å². The number of amides is 2. The summed E-state index contributed by atoms with van der Waals surface area (Å²) in [5.74, 6) is -0.971. The number of aliphatic carboxylic acids is 1. The van der Waals surface area contributed by atoms with E-state index in [2.05, 4.69) is 0 Å². The first-order valence-corrected chi connectivity index (χ1v) is 5.10. The highest BCUT2D eigenvalue weighted by molar-refractivity contribution is 5.86. The number of hydrogen-bond acceptors (Lipinski definition) is 2. The maximum absolute atomic E-state index is 11.8. The minimum Gasteiger partial charge on any atom is -0.480 e. The van der Waals surface area contributed by atoms with Gasteiger partial charge in [0.05, 0.1) is 6.04 Å². The van der Waals surface area contributed by atoms with Crippen LogP contribution in [0.1, 0.15) is 27.2 Å². The van der Waals surface area contributed by atoms with Crippen molar-refractivity contribution in [3.05, 3.63) is 0 Å². The number of hydrogen-bond donors (Lipinski definition) is 1. The molecule has 2 amide bonds. The van der Waals surface area contributed by atoms with E-state index in [1.54, 1.807) is 25.8 Å². The van der Waals surface area contributed by atoms with Crippen LogP contribution in [0.4, 0.5) is 4.79 Å². The molecular formula is C10H18N2O3. The minimum absolute atomic E-state index is 0.121. The standard InChI is InChI=1S/C10H18N2O3/c1-5-7-6-12(9(15)11(7)4)10(2,3)8(13)14/h7H,5-6H2,1-4H3,(H,13,14). The third-order valence-electron chi connectivity index (χ3n) is 3.14. The number of nitrogens with zero attached hydrogens (tertiary/aromatic N) is 2. The van der Waals surface area contributed by atoms with E-state index in [1.807, 2.05) is 6.92 Å². The van der Waals surface area contributed by atoms with Gasteiger partial charge in [-0.3, -0.25) is 0 Å². The summed E-state index contributed by atoms with van der Waals surface area (Å²) < 4.78 is 0. The van der Waals surface area contributed by atoms with Gasteiger partial charge >= 0.3 is 12.0 Å². The van der Waals surface area contributed by atoms with E-state index in [0.717, 1.165) is 6.42 Å². The van der Waals surface area contributed by atoms with Crippen molar-refractivity contribution >= 4 is 12.0 Å². The van der Waals surface area contributed by atoms with E-state index in [1.165, 1.54) is 4.90 Å².